The van der Waals surface area contributed by atoms with Crippen LogP contribution < -0.4 is 5.32 Å². The van der Waals surface area contributed by atoms with Crippen LogP contribution in [0.3, 0.4) is 0 Å². The van der Waals surface area contributed by atoms with E-state index in [2.05, 4.69) is 46.4 Å². The number of anilines is 1. The van der Waals surface area contributed by atoms with Gasteiger partial charge in [-0.05, 0) is 32.8 Å². The highest BCUT2D eigenvalue weighted by Gasteiger charge is 2.12. The van der Waals surface area contributed by atoms with Crippen molar-refractivity contribution in [1.29, 1.82) is 0 Å². The van der Waals surface area contributed by atoms with Crippen molar-refractivity contribution >= 4 is 17.3 Å². The molecular weight excluding hydrogens is 256 g/mol. The highest BCUT2D eigenvalue weighted by molar-refractivity contribution is 7.09. The molecule has 2 aromatic heterocycles. The second kappa shape index (κ2) is 5.65. The average Bonchev–Trinajstić information content (AvgIpc) is 2.75. The Bertz CT molecular complexity index is 562. The van der Waals surface area contributed by atoms with Crippen LogP contribution in [0.25, 0.3) is 0 Å². The molecule has 0 aliphatic rings. The Labute approximate surface area is 118 Å². The first-order valence-corrected chi connectivity index (χ1v) is 7.38. The fourth-order valence-corrected chi connectivity index (χ4v) is 2.58. The Morgan fingerprint density at radius 3 is 2.37 bits per heavy atom. The standard InChI is InChI=1S/C14H20N4S/c1-8(2)12-6-9(3)16-14(18-12)17-11(5)13-15-10(4)7-19-13/h6-8,11H,1-5H3,(H,16,17,18). The number of nitrogens with one attached hydrogen (secondary N) is 1. The van der Waals surface area contributed by atoms with Gasteiger partial charge in [0.15, 0.2) is 0 Å². The van der Waals surface area contributed by atoms with E-state index in [1.807, 2.05) is 19.9 Å². The van der Waals surface area contributed by atoms with E-state index < -0.39 is 0 Å². The van der Waals surface area contributed by atoms with Gasteiger partial charge in [-0.2, -0.15) is 0 Å². The summed E-state index contributed by atoms with van der Waals surface area (Å²) in [4.78, 5) is 13.5. The van der Waals surface area contributed by atoms with Gasteiger partial charge in [-0.3, -0.25) is 0 Å². The molecule has 5 heteroatoms. The summed E-state index contributed by atoms with van der Waals surface area (Å²) in [5.74, 6) is 1.09. The molecule has 0 saturated heterocycles. The first-order valence-electron chi connectivity index (χ1n) is 6.50. The third-order valence-electron chi connectivity index (χ3n) is 2.82. The monoisotopic (exact) mass is 276 g/mol. The molecule has 4 nitrogen and oxygen atoms in total. The van der Waals surface area contributed by atoms with Crippen molar-refractivity contribution < 1.29 is 0 Å². The maximum absolute atomic E-state index is 4.56. The van der Waals surface area contributed by atoms with Gasteiger partial charge in [0.05, 0.1) is 6.04 Å². The van der Waals surface area contributed by atoms with Crippen LogP contribution in [0.2, 0.25) is 0 Å². The van der Waals surface area contributed by atoms with Crippen LogP contribution in [0.15, 0.2) is 11.4 Å². The normalized spacial score (nSPS) is 12.7. The molecule has 0 amide bonds. The highest BCUT2D eigenvalue weighted by atomic mass is 32.1. The lowest BCUT2D eigenvalue weighted by molar-refractivity contribution is 0.790. The van der Waals surface area contributed by atoms with Crippen molar-refractivity contribution in [2.24, 2.45) is 0 Å². The summed E-state index contributed by atoms with van der Waals surface area (Å²) in [6, 6.07) is 2.16. The van der Waals surface area contributed by atoms with Gasteiger partial charge in [0.2, 0.25) is 5.95 Å². The van der Waals surface area contributed by atoms with E-state index in [1.165, 1.54) is 0 Å². The highest BCUT2D eigenvalue weighted by Crippen LogP contribution is 2.22. The first kappa shape index (κ1) is 13.9. The van der Waals surface area contributed by atoms with Crippen LogP contribution in [0.4, 0.5) is 5.95 Å². The van der Waals surface area contributed by atoms with Crippen LogP contribution >= 0.6 is 11.3 Å². The number of aromatic nitrogens is 3. The second-order valence-corrected chi connectivity index (χ2v) is 6.00. The van der Waals surface area contributed by atoms with Crippen molar-refractivity contribution in [3.05, 3.63) is 33.5 Å². The summed E-state index contributed by atoms with van der Waals surface area (Å²) >= 11 is 1.66. The Hall–Kier alpha value is -1.49. The minimum Gasteiger partial charge on any atom is -0.345 e. The smallest absolute Gasteiger partial charge is 0.223 e. The lowest BCUT2D eigenvalue weighted by Crippen LogP contribution is -2.11. The third-order valence-corrected chi connectivity index (χ3v) is 3.96. The van der Waals surface area contributed by atoms with Crippen molar-refractivity contribution in [1.82, 2.24) is 15.0 Å². The summed E-state index contributed by atoms with van der Waals surface area (Å²) in [5.41, 5.74) is 3.11. The summed E-state index contributed by atoms with van der Waals surface area (Å²) < 4.78 is 0. The molecule has 102 valence electrons. The Morgan fingerprint density at radius 1 is 1.05 bits per heavy atom. The molecule has 1 atom stereocenters. The van der Waals surface area contributed by atoms with Crippen LogP contribution in [-0.2, 0) is 0 Å². The molecule has 0 saturated carbocycles. The lowest BCUT2D eigenvalue weighted by Gasteiger charge is -2.13. The van der Waals surface area contributed by atoms with E-state index in [0.717, 1.165) is 22.1 Å². The van der Waals surface area contributed by atoms with Crippen molar-refractivity contribution in [2.75, 3.05) is 5.32 Å². The van der Waals surface area contributed by atoms with Crippen molar-refractivity contribution in [2.45, 2.75) is 46.6 Å². The maximum Gasteiger partial charge on any atom is 0.223 e. The van der Waals surface area contributed by atoms with Gasteiger partial charge in [-0.25, -0.2) is 15.0 Å². The SMILES string of the molecule is Cc1cc(C(C)C)nc(NC(C)c2nc(C)cs2)n1. The van der Waals surface area contributed by atoms with Crippen LogP contribution in [0.1, 0.15) is 54.8 Å². The average molecular weight is 276 g/mol. The minimum atomic E-state index is 0.125. The van der Waals surface area contributed by atoms with E-state index in [4.69, 9.17) is 0 Å². The fourth-order valence-electron chi connectivity index (χ4n) is 1.78. The number of aryl methyl sites for hydroxylation is 2. The molecule has 0 aliphatic carbocycles. The first-order chi connectivity index (χ1) is 8.95. The quantitative estimate of drug-likeness (QED) is 0.921. The molecule has 0 spiro atoms. The topological polar surface area (TPSA) is 50.7 Å². The predicted octanol–water partition coefficient (Wildman–Crippen LogP) is 3.85. The Balaban J connectivity index is 2.18. The number of hydrogen-bond acceptors (Lipinski definition) is 5. The molecule has 19 heavy (non-hydrogen) atoms. The summed E-state index contributed by atoms with van der Waals surface area (Å²) in [5, 5.41) is 6.46. The molecule has 1 N–H and O–H groups in total. The molecule has 1 unspecified atom stereocenters. The van der Waals surface area contributed by atoms with Crippen molar-refractivity contribution in [3.8, 4) is 0 Å². The summed E-state index contributed by atoms with van der Waals surface area (Å²) in [6.07, 6.45) is 0. The molecule has 0 aliphatic heterocycles. The minimum absolute atomic E-state index is 0.125. The summed E-state index contributed by atoms with van der Waals surface area (Å²) in [6.45, 7) is 10.4. The zero-order valence-corrected chi connectivity index (χ0v) is 12.9. The number of rotatable bonds is 4. The zero-order valence-electron chi connectivity index (χ0n) is 12.1. The molecule has 2 heterocycles. The van der Waals surface area contributed by atoms with Gasteiger partial charge in [0.1, 0.15) is 5.01 Å². The van der Waals surface area contributed by atoms with Gasteiger partial charge in [-0.15, -0.1) is 11.3 Å². The molecule has 0 aromatic carbocycles. The number of nitrogens with zero attached hydrogens (tertiary/aromatic N) is 3. The second-order valence-electron chi connectivity index (χ2n) is 5.11. The Kier molecular flexibility index (Phi) is 4.14. The largest absolute Gasteiger partial charge is 0.345 e. The summed E-state index contributed by atoms with van der Waals surface area (Å²) in [7, 11) is 0. The fraction of sp³-hybridized carbons (Fsp3) is 0.500. The van der Waals surface area contributed by atoms with Crippen LogP contribution in [0.5, 0.6) is 0 Å². The Morgan fingerprint density at radius 2 is 1.79 bits per heavy atom. The van der Waals surface area contributed by atoms with E-state index in [-0.39, 0.29) is 6.04 Å². The molecule has 0 fully saturated rings. The maximum atomic E-state index is 4.56. The molecule has 2 rings (SSSR count). The predicted molar refractivity (Wildman–Crippen MR) is 79.7 cm³/mol. The third kappa shape index (κ3) is 3.50. The van der Waals surface area contributed by atoms with Gasteiger partial charge in [0.25, 0.3) is 0 Å². The van der Waals surface area contributed by atoms with Crippen LogP contribution in [0, 0.1) is 13.8 Å². The lowest BCUT2D eigenvalue weighted by atomic mass is 10.1. The van der Waals surface area contributed by atoms with E-state index in [0.29, 0.717) is 11.9 Å². The molecular formula is C14H20N4S. The van der Waals surface area contributed by atoms with Gasteiger partial charge in [-0.1, -0.05) is 13.8 Å². The van der Waals surface area contributed by atoms with E-state index in [9.17, 15) is 0 Å². The van der Waals surface area contributed by atoms with E-state index >= 15 is 0 Å². The van der Waals surface area contributed by atoms with E-state index in [1.54, 1.807) is 11.3 Å². The van der Waals surface area contributed by atoms with Crippen molar-refractivity contribution in [3.63, 3.8) is 0 Å². The number of thiazole rings is 1. The van der Waals surface area contributed by atoms with Gasteiger partial charge in [0, 0.05) is 22.5 Å². The van der Waals surface area contributed by atoms with Crippen LogP contribution in [-0.4, -0.2) is 15.0 Å². The van der Waals surface area contributed by atoms with Gasteiger partial charge < -0.3 is 5.32 Å². The number of hydrogen-bond donors (Lipinski definition) is 1. The molecule has 0 bridgehead atoms. The molecule has 0 radical (unpaired) electrons. The molecule has 2 aromatic rings. The van der Waals surface area contributed by atoms with Gasteiger partial charge >= 0.3 is 0 Å². The zero-order chi connectivity index (χ0) is 14.0.